The van der Waals surface area contributed by atoms with Gasteiger partial charge in [-0.2, -0.15) is 0 Å². The predicted molar refractivity (Wildman–Crippen MR) is 280 cm³/mol. The first-order valence-electron chi connectivity index (χ1n) is 23.1. The zero-order valence-electron chi connectivity index (χ0n) is 36.7. The third kappa shape index (κ3) is 6.26. The van der Waals surface area contributed by atoms with E-state index in [1.54, 1.807) is 0 Å². The summed E-state index contributed by atoms with van der Waals surface area (Å²) in [6, 6.07) is 95.0. The normalized spacial score (nSPS) is 12.6. The van der Waals surface area contributed by atoms with Crippen LogP contribution in [-0.4, -0.2) is 0 Å². The van der Waals surface area contributed by atoms with Crippen LogP contribution < -0.4 is 4.90 Å². The fraction of sp³-hybridized carbons (Fsp3) is 0.0154. The number of fused-ring (bicyclic) bond motifs is 7. The van der Waals surface area contributed by atoms with Crippen LogP contribution in [0.15, 0.2) is 265 Å². The molecule has 0 unspecified atom stereocenters. The number of furan rings is 1. The van der Waals surface area contributed by atoms with Gasteiger partial charge in [-0.25, -0.2) is 0 Å². The van der Waals surface area contributed by atoms with Crippen LogP contribution in [0.4, 0.5) is 17.1 Å². The first kappa shape index (κ1) is 38.7. The summed E-state index contributed by atoms with van der Waals surface area (Å²) in [6.07, 6.45) is 0. The van der Waals surface area contributed by atoms with E-state index in [0.717, 1.165) is 61.3 Å². The Morgan fingerprint density at radius 2 is 0.821 bits per heavy atom. The maximum atomic E-state index is 6.55. The number of hydrogen-bond donors (Lipinski definition) is 0. The van der Waals surface area contributed by atoms with Gasteiger partial charge in [0.15, 0.2) is 0 Å². The molecule has 13 rings (SSSR count). The first-order chi connectivity index (χ1) is 33.2. The number of nitrogens with zero attached hydrogens (tertiary/aromatic N) is 1. The summed E-state index contributed by atoms with van der Waals surface area (Å²) in [5.41, 5.74) is 19.1. The Morgan fingerprint density at radius 3 is 1.57 bits per heavy atom. The lowest BCUT2D eigenvalue weighted by Crippen LogP contribution is -2.28. The number of benzene rings is 11. The van der Waals surface area contributed by atoms with Crippen LogP contribution in [-0.2, 0) is 5.41 Å². The average Bonchev–Trinajstić information content (AvgIpc) is 3.93. The van der Waals surface area contributed by atoms with E-state index in [-0.39, 0.29) is 0 Å². The molecular weight excluding hydrogens is 811 g/mol. The Labute approximate surface area is 390 Å². The van der Waals surface area contributed by atoms with Crippen LogP contribution in [0.25, 0.3) is 77.2 Å². The maximum absolute atomic E-state index is 6.55. The van der Waals surface area contributed by atoms with E-state index in [4.69, 9.17) is 4.42 Å². The molecule has 1 aliphatic carbocycles. The summed E-state index contributed by atoms with van der Waals surface area (Å²) in [7, 11) is 0. The van der Waals surface area contributed by atoms with Gasteiger partial charge in [-0.1, -0.05) is 212 Å². The molecule has 67 heavy (non-hydrogen) atoms. The summed E-state index contributed by atoms with van der Waals surface area (Å²) in [5, 5.41) is 4.72. The van der Waals surface area contributed by atoms with Gasteiger partial charge in [-0.15, -0.1) is 0 Å². The second-order valence-corrected chi connectivity index (χ2v) is 17.6. The van der Waals surface area contributed by atoms with E-state index >= 15 is 0 Å². The van der Waals surface area contributed by atoms with Crippen molar-refractivity contribution < 1.29 is 4.42 Å². The molecule has 0 aliphatic heterocycles. The summed E-state index contributed by atoms with van der Waals surface area (Å²) >= 11 is 0. The van der Waals surface area contributed by atoms with Crippen LogP contribution in [0.5, 0.6) is 0 Å². The van der Waals surface area contributed by atoms with Crippen LogP contribution in [0.3, 0.4) is 0 Å². The molecule has 0 spiro atoms. The van der Waals surface area contributed by atoms with Gasteiger partial charge in [0.05, 0.1) is 5.41 Å². The Kier molecular flexibility index (Phi) is 9.11. The molecule has 314 valence electrons. The number of rotatable bonds is 8. The van der Waals surface area contributed by atoms with Gasteiger partial charge in [0, 0.05) is 33.4 Å². The highest BCUT2D eigenvalue weighted by Gasteiger charge is 2.46. The number of hydrogen-bond acceptors (Lipinski definition) is 2. The van der Waals surface area contributed by atoms with Crippen LogP contribution >= 0.6 is 0 Å². The van der Waals surface area contributed by atoms with Gasteiger partial charge in [0.25, 0.3) is 0 Å². The van der Waals surface area contributed by atoms with Crippen molar-refractivity contribution in [2.24, 2.45) is 0 Å². The molecule has 11 aromatic carbocycles. The van der Waals surface area contributed by atoms with E-state index in [0.29, 0.717) is 0 Å². The van der Waals surface area contributed by atoms with Gasteiger partial charge in [-0.05, 0) is 121 Å². The molecule has 1 heterocycles. The summed E-state index contributed by atoms with van der Waals surface area (Å²) < 4.78 is 6.55. The minimum atomic E-state index is -0.518. The molecule has 1 aliphatic rings. The van der Waals surface area contributed by atoms with Crippen molar-refractivity contribution in [1.82, 2.24) is 0 Å². The smallest absolute Gasteiger partial charge is 0.143 e. The molecular formula is C65H43NO. The highest BCUT2D eigenvalue weighted by molar-refractivity contribution is 6.10. The molecule has 0 N–H and O–H groups in total. The second kappa shape index (κ2) is 15.8. The Hall–Kier alpha value is -8.72. The Morgan fingerprint density at radius 1 is 0.299 bits per heavy atom. The lowest BCUT2D eigenvalue weighted by Gasteiger charge is -2.35. The molecule has 2 heteroatoms. The van der Waals surface area contributed by atoms with Crippen molar-refractivity contribution >= 4 is 49.8 Å². The topological polar surface area (TPSA) is 16.4 Å². The molecule has 0 radical (unpaired) electrons. The zero-order valence-corrected chi connectivity index (χ0v) is 36.7. The van der Waals surface area contributed by atoms with Crippen molar-refractivity contribution in [3.63, 3.8) is 0 Å². The molecule has 12 aromatic rings. The van der Waals surface area contributed by atoms with Gasteiger partial charge in [0.1, 0.15) is 11.2 Å². The Balaban J connectivity index is 0.961. The molecule has 0 fully saturated rings. The predicted octanol–water partition coefficient (Wildman–Crippen LogP) is 17.6. The molecule has 0 atom stereocenters. The van der Waals surface area contributed by atoms with Crippen molar-refractivity contribution in [3.8, 4) is 44.5 Å². The third-order valence-electron chi connectivity index (χ3n) is 14.0. The van der Waals surface area contributed by atoms with Crippen molar-refractivity contribution in [2.45, 2.75) is 5.41 Å². The zero-order chi connectivity index (χ0) is 44.3. The third-order valence-corrected chi connectivity index (χ3v) is 14.0. The number of anilines is 3. The average molecular weight is 854 g/mol. The van der Waals surface area contributed by atoms with E-state index in [1.807, 2.05) is 0 Å². The van der Waals surface area contributed by atoms with Gasteiger partial charge in [0.2, 0.25) is 0 Å². The minimum absolute atomic E-state index is 0.518. The standard InChI is InChI=1S/C65H43NO/c1-4-16-46(17-5-1)56-27-15-28-59-60-42-48(34-41-63(60)67-64(56)59)44-30-35-51(36-31-44)66(52-37-32-47(33-38-52)55-26-14-19-45-18-10-11-24-54(45)55)53-39-40-58-57-25-12-13-29-61(57)65(62(58)43-53,49-20-6-2-7-21-49)50-22-8-3-9-23-50/h1-43H. The van der Waals surface area contributed by atoms with E-state index in [2.05, 4.69) is 266 Å². The van der Waals surface area contributed by atoms with Crippen LogP contribution in [0.1, 0.15) is 22.3 Å². The van der Waals surface area contributed by atoms with Crippen molar-refractivity contribution in [3.05, 3.63) is 283 Å². The van der Waals surface area contributed by atoms with E-state index in [9.17, 15) is 0 Å². The molecule has 2 nitrogen and oxygen atoms in total. The monoisotopic (exact) mass is 853 g/mol. The minimum Gasteiger partial charge on any atom is -0.455 e. The van der Waals surface area contributed by atoms with Crippen LogP contribution in [0, 0.1) is 0 Å². The molecule has 0 bridgehead atoms. The highest BCUT2D eigenvalue weighted by atomic mass is 16.3. The van der Waals surface area contributed by atoms with Gasteiger partial charge in [-0.3, -0.25) is 0 Å². The quantitative estimate of drug-likeness (QED) is 0.151. The number of para-hydroxylation sites is 1. The Bertz CT molecular complexity index is 3730. The van der Waals surface area contributed by atoms with E-state index < -0.39 is 5.41 Å². The van der Waals surface area contributed by atoms with Gasteiger partial charge >= 0.3 is 0 Å². The largest absolute Gasteiger partial charge is 0.455 e. The lowest BCUT2D eigenvalue weighted by atomic mass is 9.67. The van der Waals surface area contributed by atoms with E-state index in [1.165, 1.54) is 55.3 Å². The molecule has 0 saturated heterocycles. The molecule has 1 aromatic heterocycles. The second-order valence-electron chi connectivity index (χ2n) is 17.6. The maximum Gasteiger partial charge on any atom is 0.143 e. The SMILES string of the molecule is c1ccc(-c2cccc3c2oc2ccc(-c4ccc(N(c5ccc(-c6cccc7ccccc67)cc5)c5ccc6c(c5)C(c5ccccc5)(c5ccccc5)c5ccccc5-6)cc4)cc23)cc1. The fourth-order valence-electron chi connectivity index (χ4n) is 10.9. The summed E-state index contributed by atoms with van der Waals surface area (Å²) in [4.78, 5) is 2.42. The van der Waals surface area contributed by atoms with Crippen LogP contribution in [0.2, 0.25) is 0 Å². The molecule has 0 saturated carbocycles. The van der Waals surface area contributed by atoms with Crippen molar-refractivity contribution in [2.75, 3.05) is 4.90 Å². The fourth-order valence-corrected chi connectivity index (χ4v) is 10.9. The first-order valence-corrected chi connectivity index (χ1v) is 23.1. The van der Waals surface area contributed by atoms with Crippen molar-refractivity contribution in [1.29, 1.82) is 0 Å². The lowest BCUT2D eigenvalue weighted by molar-refractivity contribution is 0.670. The highest BCUT2D eigenvalue weighted by Crippen LogP contribution is 2.57. The van der Waals surface area contributed by atoms with Gasteiger partial charge < -0.3 is 9.32 Å². The molecule has 0 amide bonds. The summed E-state index contributed by atoms with van der Waals surface area (Å²) in [5.74, 6) is 0. The summed E-state index contributed by atoms with van der Waals surface area (Å²) in [6.45, 7) is 0.